The Bertz CT molecular complexity index is 590. The highest BCUT2D eigenvalue weighted by molar-refractivity contribution is 5.77. The number of morpholine rings is 1. The number of nitrogens with zero attached hydrogens (tertiary/aromatic N) is 4. The van der Waals surface area contributed by atoms with Crippen LogP contribution < -0.4 is 0 Å². The molecule has 1 N–H and O–H groups in total. The molecule has 8 heteroatoms. The molecule has 1 aliphatic rings. The Morgan fingerprint density at radius 1 is 1.41 bits per heavy atom. The summed E-state index contributed by atoms with van der Waals surface area (Å²) in [6, 6.07) is 9.76. The van der Waals surface area contributed by atoms with E-state index in [-0.39, 0.29) is 18.6 Å². The third-order valence-electron chi connectivity index (χ3n) is 3.41. The van der Waals surface area contributed by atoms with E-state index in [4.69, 9.17) is 9.47 Å². The molecule has 3 rings (SSSR count). The molecule has 1 amide bonds. The molecular weight excluding hydrogens is 286 g/mol. The van der Waals surface area contributed by atoms with E-state index in [2.05, 4.69) is 20.6 Å². The molecule has 2 aromatic rings. The van der Waals surface area contributed by atoms with Gasteiger partial charge in [0.25, 0.3) is 0 Å². The van der Waals surface area contributed by atoms with Crippen molar-refractivity contribution in [1.82, 2.24) is 25.5 Å². The number of aromatic nitrogens is 4. The molecule has 1 atom stereocenters. The SMILES string of the molecule is O=C(COCc1ccccc1)N1CCOC(c2nn[nH]n2)C1. The minimum atomic E-state index is -0.342. The van der Waals surface area contributed by atoms with Gasteiger partial charge in [-0.05, 0) is 5.56 Å². The molecule has 2 heterocycles. The van der Waals surface area contributed by atoms with E-state index in [1.165, 1.54) is 0 Å². The summed E-state index contributed by atoms with van der Waals surface area (Å²) in [5.41, 5.74) is 1.04. The number of carbonyl (C=O) groups is 1. The molecule has 1 unspecified atom stereocenters. The number of benzene rings is 1. The van der Waals surface area contributed by atoms with Crippen LogP contribution in [0.25, 0.3) is 0 Å². The fourth-order valence-corrected chi connectivity index (χ4v) is 2.26. The van der Waals surface area contributed by atoms with E-state index < -0.39 is 0 Å². The van der Waals surface area contributed by atoms with Gasteiger partial charge in [0, 0.05) is 6.54 Å². The number of H-pyrrole nitrogens is 1. The lowest BCUT2D eigenvalue weighted by molar-refractivity contribution is -0.144. The quantitative estimate of drug-likeness (QED) is 0.855. The van der Waals surface area contributed by atoms with Gasteiger partial charge in [0.2, 0.25) is 11.7 Å². The van der Waals surface area contributed by atoms with E-state index in [1.54, 1.807) is 4.90 Å². The highest BCUT2D eigenvalue weighted by Crippen LogP contribution is 2.18. The normalized spacial score (nSPS) is 18.4. The first kappa shape index (κ1) is 14.6. The number of rotatable bonds is 5. The fourth-order valence-electron chi connectivity index (χ4n) is 2.26. The standard InChI is InChI=1S/C14H17N5O3/c20-13(10-21-9-11-4-2-1-3-5-11)19-6-7-22-12(8-19)14-15-17-18-16-14/h1-5,12H,6-10H2,(H,15,16,17,18). The number of hydrogen-bond acceptors (Lipinski definition) is 6. The van der Waals surface area contributed by atoms with Gasteiger partial charge in [0.1, 0.15) is 12.7 Å². The largest absolute Gasteiger partial charge is 0.367 e. The van der Waals surface area contributed by atoms with Gasteiger partial charge in [-0.3, -0.25) is 4.79 Å². The molecule has 1 saturated heterocycles. The Labute approximate surface area is 127 Å². The second kappa shape index (κ2) is 7.10. The summed E-state index contributed by atoms with van der Waals surface area (Å²) in [6.45, 7) is 1.87. The number of nitrogens with one attached hydrogen (secondary N) is 1. The number of aromatic amines is 1. The third-order valence-corrected chi connectivity index (χ3v) is 3.41. The van der Waals surface area contributed by atoms with Gasteiger partial charge in [0.05, 0.1) is 19.8 Å². The van der Waals surface area contributed by atoms with Crippen molar-refractivity contribution in [2.45, 2.75) is 12.7 Å². The molecule has 116 valence electrons. The third kappa shape index (κ3) is 3.66. The molecule has 0 aliphatic carbocycles. The van der Waals surface area contributed by atoms with E-state index in [1.807, 2.05) is 30.3 Å². The van der Waals surface area contributed by atoms with Gasteiger partial charge in [0.15, 0.2) is 0 Å². The number of tetrazole rings is 1. The summed E-state index contributed by atoms with van der Waals surface area (Å²) in [7, 11) is 0. The Morgan fingerprint density at radius 2 is 2.27 bits per heavy atom. The average molecular weight is 303 g/mol. The van der Waals surface area contributed by atoms with Gasteiger partial charge in [-0.2, -0.15) is 5.21 Å². The molecule has 8 nitrogen and oxygen atoms in total. The minimum absolute atomic E-state index is 0.0495. The highest BCUT2D eigenvalue weighted by Gasteiger charge is 2.27. The summed E-state index contributed by atoms with van der Waals surface area (Å²) in [4.78, 5) is 13.9. The Hall–Kier alpha value is -2.32. The molecule has 22 heavy (non-hydrogen) atoms. The van der Waals surface area contributed by atoms with Crippen LogP contribution in [-0.2, 0) is 20.9 Å². The topological polar surface area (TPSA) is 93.2 Å². The number of amides is 1. The van der Waals surface area contributed by atoms with Crippen molar-refractivity contribution >= 4 is 5.91 Å². The zero-order chi connectivity index (χ0) is 15.2. The molecule has 0 spiro atoms. The van der Waals surface area contributed by atoms with Crippen LogP contribution in [-0.4, -0.2) is 57.7 Å². The molecule has 1 aliphatic heterocycles. The number of hydrogen-bond donors (Lipinski definition) is 1. The van der Waals surface area contributed by atoms with E-state index in [9.17, 15) is 4.79 Å². The number of ether oxygens (including phenoxy) is 2. The molecule has 0 radical (unpaired) electrons. The van der Waals surface area contributed by atoms with Gasteiger partial charge in [-0.1, -0.05) is 35.5 Å². The minimum Gasteiger partial charge on any atom is -0.367 e. The first-order chi connectivity index (χ1) is 10.8. The van der Waals surface area contributed by atoms with Crippen molar-refractivity contribution in [3.8, 4) is 0 Å². The van der Waals surface area contributed by atoms with E-state index in [0.29, 0.717) is 32.1 Å². The van der Waals surface area contributed by atoms with Crippen LogP contribution >= 0.6 is 0 Å². The van der Waals surface area contributed by atoms with Crippen molar-refractivity contribution in [3.63, 3.8) is 0 Å². The number of carbonyl (C=O) groups excluding carboxylic acids is 1. The van der Waals surface area contributed by atoms with Gasteiger partial charge in [-0.15, -0.1) is 10.2 Å². The predicted octanol–water partition coefficient (Wildman–Crippen LogP) is 0.316. The molecular formula is C14H17N5O3. The van der Waals surface area contributed by atoms with E-state index in [0.717, 1.165) is 5.56 Å². The van der Waals surface area contributed by atoms with Crippen LogP contribution in [0.2, 0.25) is 0 Å². The predicted molar refractivity (Wildman–Crippen MR) is 75.5 cm³/mol. The summed E-state index contributed by atoms with van der Waals surface area (Å²) in [5, 5.41) is 13.7. The summed E-state index contributed by atoms with van der Waals surface area (Å²) in [5.74, 6) is 0.399. The average Bonchev–Trinajstić information content (AvgIpc) is 3.10. The van der Waals surface area contributed by atoms with Crippen molar-refractivity contribution in [1.29, 1.82) is 0 Å². The van der Waals surface area contributed by atoms with Crippen LogP contribution in [0.1, 0.15) is 17.5 Å². The molecule has 1 aromatic heterocycles. The molecule has 0 bridgehead atoms. The van der Waals surface area contributed by atoms with Gasteiger partial charge < -0.3 is 14.4 Å². The van der Waals surface area contributed by atoms with Gasteiger partial charge >= 0.3 is 0 Å². The summed E-state index contributed by atoms with van der Waals surface area (Å²) in [6.07, 6.45) is -0.342. The maximum Gasteiger partial charge on any atom is 0.248 e. The van der Waals surface area contributed by atoms with Crippen LogP contribution in [0.4, 0.5) is 0 Å². The molecule has 0 saturated carbocycles. The van der Waals surface area contributed by atoms with Crippen molar-refractivity contribution in [2.75, 3.05) is 26.3 Å². The lowest BCUT2D eigenvalue weighted by atomic mass is 10.2. The first-order valence-electron chi connectivity index (χ1n) is 7.07. The second-order valence-electron chi connectivity index (χ2n) is 4.95. The maximum atomic E-state index is 12.2. The van der Waals surface area contributed by atoms with Gasteiger partial charge in [-0.25, -0.2) is 0 Å². The summed E-state index contributed by atoms with van der Waals surface area (Å²) >= 11 is 0. The van der Waals surface area contributed by atoms with Crippen LogP contribution in [0, 0.1) is 0 Å². The van der Waals surface area contributed by atoms with Crippen molar-refractivity contribution in [3.05, 3.63) is 41.7 Å². The zero-order valence-corrected chi connectivity index (χ0v) is 12.0. The lowest BCUT2D eigenvalue weighted by Gasteiger charge is -2.31. The van der Waals surface area contributed by atoms with E-state index >= 15 is 0 Å². The fraction of sp³-hybridized carbons (Fsp3) is 0.429. The van der Waals surface area contributed by atoms with Crippen LogP contribution in [0.5, 0.6) is 0 Å². The Kier molecular flexibility index (Phi) is 4.71. The van der Waals surface area contributed by atoms with Crippen molar-refractivity contribution < 1.29 is 14.3 Å². The maximum absolute atomic E-state index is 12.2. The zero-order valence-electron chi connectivity index (χ0n) is 12.0. The Morgan fingerprint density at radius 3 is 3.05 bits per heavy atom. The molecule has 1 fully saturated rings. The van der Waals surface area contributed by atoms with Crippen LogP contribution in [0.3, 0.4) is 0 Å². The smallest absolute Gasteiger partial charge is 0.248 e. The Balaban J connectivity index is 1.47. The summed E-state index contributed by atoms with van der Waals surface area (Å²) < 4.78 is 11.0. The second-order valence-corrected chi connectivity index (χ2v) is 4.95. The molecule has 1 aromatic carbocycles. The lowest BCUT2D eigenvalue weighted by Crippen LogP contribution is -2.44. The highest BCUT2D eigenvalue weighted by atomic mass is 16.5. The van der Waals surface area contributed by atoms with Crippen molar-refractivity contribution in [2.24, 2.45) is 0 Å². The first-order valence-corrected chi connectivity index (χ1v) is 7.07. The van der Waals surface area contributed by atoms with Crippen LogP contribution in [0.15, 0.2) is 30.3 Å². The monoisotopic (exact) mass is 303 g/mol.